The molecular weight excluding hydrogens is 404 g/mol. The minimum atomic E-state index is -0.220. The molecule has 0 unspecified atom stereocenters. The SMILES string of the molecule is COc1cc(C)ccc1C(=O)c1[nH]ccc1-n1cccc1C(=O)c1ccc(C)cc1OC. The van der Waals surface area contributed by atoms with Gasteiger partial charge in [-0.2, -0.15) is 0 Å². The molecule has 0 amide bonds. The van der Waals surface area contributed by atoms with E-state index in [0.717, 1.165) is 11.1 Å². The van der Waals surface area contributed by atoms with Gasteiger partial charge in [0.1, 0.15) is 17.2 Å². The van der Waals surface area contributed by atoms with Crippen molar-refractivity contribution in [1.82, 2.24) is 9.55 Å². The van der Waals surface area contributed by atoms with Gasteiger partial charge in [-0.15, -0.1) is 0 Å². The van der Waals surface area contributed by atoms with Crippen molar-refractivity contribution in [1.29, 1.82) is 0 Å². The van der Waals surface area contributed by atoms with Crippen LogP contribution in [0.5, 0.6) is 11.5 Å². The van der Waals surface area contributed by atoms with Crippen molar-refractivity contribution >= 4 is 11.6 Å². The van der Waals surface area contributed by atoms with E-state index in [1.54, 1.807) is 61.5 Å². The van der Waals surface area contributed by atoms with E-state index in [1.807, 2.05) is 38.1 Å². The molecule has 0 saturated heterocycles. The largest absolute Gasteiger partial charge is 0.496 e. The standard InChI is InChI=1S/C26H24N2O4/c1-16-7-9-18(22(14-16)31-3)25(29)21-6-5-13-28(21)20-11-12-27-24(20)26(30)19-10-8-17(2)15-23(19)32-4/h5-15,27H,1-4H3. The highest BCUT2D eigenvalue weighted by Crippen LogP contribution is 2.28. The van der Waals surface area contributed by atoms with Gasteiger partial charge in [0.25, 0.3) is 0 Å². The molecule has 0 saturated carbocycles. The zero-order valence-electron chi connectivity index (χ0n) is 18.4. The number of nitrogens with zero attached hydrogens (tertiary/aromatic N) is 1. The summed E-state index contributed by atoms with van der Waals surface area (Å²) in [5.41, 5.74) is 4.28. The zero-order valence-corrected chi connectivity index (χ0v) is 18.4. The van der Waals surface area contributed by atoms with Crippen molar-refractivity contribution in [3.05, 3.63) is 101 Å². The summed E-state index contributed by atoms with van der Waals surface area (Å²) in [5.74, 6) is 0.600. The van der Waals surface area contributed by atoms with Crippen molar-refractivity contribution in [3.8, 4) is 17.2 Å². The Morgan fingerprint density at radius 2 is 1.41 bits per heavy atom. The van der Waals surface area contributed by atoms with E-state index in [-0.39, 0.29) is 11.6 Å². The summed E-state index contributed by atoms with van der Waals surface area (Å²) in [6.07, 6.45) is 3.45. The van der Waals surface area contributed by atoms with Crippen LogP contribution in [0.1, 0.15) is 43.2 Å². The smallest absolute Gasteiger partial charge is 0.215 e. The van der Waals surface area contributed by atoms with Crippen molar-refractivity contribution in [2.24, 2.45) is 0 Å². The van der Waals surface area contributed by atoms with Gasteiger partial charge in [-0.1, -0.05) is 12.1 Å². The van der Waals surface area contributed by atoms with Crippen LogP contribution in [-0.2, 0) is 0 Å². The molecule has 1 N–H and O–H groups in total. The molecule has 4 aromatic rings. The van der Waals surface area contributed by atoms with Crippen LogP contribution in [-0.4, -0.2) is 35.3 Å². The van der Waals surface area contributed by atoms with Crippen molar-refractivity contribution in [3.63, 3.8) is 0 Å². The van der Waals surface area contributed by atoms with Gasteiger partial charge < -0.3 is 19.0 Å². The Bertz CT molecular complexity index is 1210. The molecule has 0 bridgehead atoms. The summed E-state index contributed by atoms with van der Waals surface area (Å²) in [4.78, 5) is 29.8. The summed E-state index contributed by atoms with van der Waals surface area (Å²) < 4.78 is 12.6. The Kier molecular flexibility index (Phi) is 5.69. The number of ketones is 2. The molecule has 0 aliphatic rings. The van der Waals surface area contributed by atoms with E-state index >= 15 is 0 Å². The van der Waals surface area contributed by atoms with E-state index in [2.05, 4.69) is 4.98 Å². The minimum absolute atomic E-state index is 0.195. The van der Waals surface area contributed by atoms with Crippen LogP contribution in [0.3, 0.4) is 0 Å². The lowest BCUT2D eigenvalue weighted by Crippen LogP contribution is -2.13. The first-order chi connectivity index (χ1) is 15.4. The van der Waals surface area contributed by atoms with Gasteiger partial charge in [-0.3, -0.25) is 9.59 Å². The third-order valence-electron chi connectivity index (χ3n) is 5.40. The number of rotatable bonds is 7. The van der Waals surface area contributed by atoms with E-state index in [9.17, 15) is 9.59 Å². The first kappa shape index (κ1) is 21.2. The third kappa shape index (κ3) is 3.71. The van der Waals surface area contributed by atoms with Gasteiger partial charge >= 0.3 is 0 Å². The van der Waals surface area contributed by atoms with E-state index in [1.165, 1.54) is 0 Å². The molecule has 32 heavy (non-hydrogen) atoms. The van der Waals surface area contributed by atoms with Gasteiger partial charge in [0.05, 0.1) is 36.7 Å². The third-order valence-corrected chi connectivity index (χ3v) is 5.40. The second-order valence-electron chi connectivity index (χ2n) is 7.57. The summed E-state index contributed by atoms with van der Waals surface area (Å²) in [6.45, 7) is 3.88. The second kappa shape index (κ2) is 8.59. The number of nitrogens with one attached hydrogen (secondary N) is 1. The molecule has 2 aromatic heterocycles. The van der Waals surface area contributed by atoms with Crippen molar-refractivity contribution < 1.29 is 19.1 Å². The molecule has 162 valence electrons. The highest BCUT2D eigenvalue weighted by molar-refractivity contribution is 6.13. The molecule has 0 aliphatic heterocycles. The average Bonchev–Trinajstić information content (AvgIpc) is 3.47. The number of hydrogen-bond donors (Lipinski definition) is 1. The fourth-order valence-electron chi connectivity index (χ4n) is 3.76. The predicted octanol–water partition coefficient (Wildman–Crippen LogP) is 4.90. The molecule has 2 aromatic carbocycles. The molecule has 6 nitrogen and oxygen atoms in total. The number of aromatic nitrogens is 2. The maximum atomic E-state index is 13.4. The predicted molar refractivity (Wildman–Crippen MR) is 122 cm³/mol. The van der Waals surface area contributed by atoms with Crippen LogP contribution in [0.2, 0.25) is 0 Å². The Labute approximate surface area is 186 Å². The summed E-state index contributed by atoms with van der Waals surface area (Å²) in [6, 6.07) is 16.2. The Morgan fingerprint density at radius 3 is 2.00 bits per heavy atom. The van der Waals surface area contributed by atoms with Gasteiger partial charge in [-0.25, -0.2) is 0 Å². The Hall–Kier alpha value is -4.06. The lowest BCUT2D eigenvalue weighted by atomic mass is 10.0. The number of ether oxygens (including phenoxy) is 2. The van der Waals surface area contributed by atoms with Crippen LogP contribution in [0.25, 0.3) is 5.69 Å². The van der Waals surface area contributed by atoms with Crippen LogP contribution < -0.4 is 9.47 Å². The Balaban J connectivity index is 1.77. The lowest BCUT2D eigenvalue weighted by Gasteiger charge is -2.13. The number of methoxy groups -OCH3 is 2. The summed E-state index contributed by atoms with van der Waals surface area (Å²) >= 11 is 0. The monoisotopic (exact) mass is 428 g/mol. The normalized spacial score (nSPS) is 10.8. The number of carbonyl (C=O) groups is 2. The molecule has 0 atom stereocenters. The van der Waals surface area contributed by atoms with Gasteiger partial charge in [0.2, 0.25) is 11.6 Å². The van der Waals surface area contributed by atoms with Crippen LogP contribution in [0.15, 0.2) is 67.0 Å². The quantitative estimate of drug-likeness (QED) is 0.425. The zero-order chi connectivity index (χ0) is 22.8. The number of carbonyl (C=O) groups excluding carboxylic acids is 2. The number of aryl methyl sites for hydroxylation is 2. The molecule has 0 spiro atoms. The number of aromatic amines is 1. The number of benzene rings is 2. The van der Waals surface area contributed by atoms with Crippen molar-refractivity contribution in [2.75, 3.05) is 14.2 Å². The van der Waals surface area contributed by atoms with Crippen LogP contribution in [0.4, 0.5) is 0 Å². The van der Waals surface area contributed by atoms with E-state index < -0.39 is 0 Å². The fourth-order valence-corrected chi connectivity index (χ4v) is 3.76. The first-order valence-corrected chi connectivity index (χ1v) is 10.2. The average molecular weight is 428 g/mol. The van der Waals surface area contributed by atoms with Crippen LogP contribution >= 0.6 is 0 Å². The molecule has 0 fully saturated rings. The molecule has 6 heteroatoms. The van der Waals surface area contributed by atoms with Gasteiger partial charge in [0, 0.05) is 12.4 Å². The van der Waals surface area contributed by atoms with Gasteiger partial charge in [-0.05, 0) is 67.4 Å². The van der Waals surface area contributed by atoms with Crippen LogP contribution in [0, 0.1) is 13.8 Å². The first-order valence-electron chi connectivity index (χ1n) is 10.2. The lowest BCUT2D eigenvalue weighted by molar-refractivity contribution is 0.101. The Morgan fingerprint density at radius 1 is 0.812 bits per heavy atom. The fraction of sp³-hybridized carbons (Fsp3) is 0.154. The second-order valence-corrected chi connectivity index (χ2v) is 7.57. The number of hydrogen-bond acceptors (Lipinski definition) is 4. The van der Waals surface area contributed by atoms with Crippen molar-refractivity contribution in [2.45, 2.75) is 13.8 Å². The molecule has 4 rings (SSSR count). The van der Waals surface area contributed by atoms with E-state index in [0.29, 0.717) is 39.7 Å². The summed E-state index contributed by atoms with van der Waals surface area (Å²) in [5, 5.41) is 0. The highest BCUT2D eigenvalue weighted by atomic mass is 16.5. The molecule has 0 aliphatic carbocycles. The maximum absolute atomic E-state index is 13.4. The topological polar surface area (TPSA) is 73.3 Å². The molecular formula is C26H24N2O4. The highest BCUT2D eigenvalue weighted by Gasteiger charge is 2.23. The number of H-pyrrole nitrogens is 1. The molecule has 2 heterocycles. The molecule has 0 radical (unpaired) electrons. The van der Waals surface area contributed by atoms with E-state index in [4.69, 9.17) is 9.47 Å². The maximum Gasteiger partial charge on any atom is 0.215 e. The summed E-state index contributed by atoms with van der Waals surface area (Å²) in [7, 11) is 3.08. The minimum Gasteiger partial charge on any atom is -0.496 e. The van der Waals surface area contributed by atoms with Gasteiger partial charge in [0.15, 0.2) is 0 Å².